The standard InChI is InChI=1S/C8H10O2/c1-7(6-9)5-8-3-2-4-10-8/h2,4,6,8H,1,3,5H2. The van der Waals surface area contributed by atoms with Crippen LogP contribution in [0.15, 0.2) is 24.5 Å². The molecule has 0 N–H and O–H groups in total. The monoisotopic (exact) mass is 138 g/mol. The van der Waals surface area contributed by atoms with Crippen molar-refractivity contribution in [3.05, 3.63) is 24.5 Å². The van der Waals surface area contributed by atoms with E-state index < -0.39 is 0 Å². The first-order chi connectivity index (χ1) is 4.83. The van der Waals surface area contributed by atoms with Crippen LogP contribution >= 0.6 is 0 Å². The van der Waals surface area contributed by atoms with Gasteiger partial charge in [0.1, 0.15) is 12.4 Å². The van der Waals surface area contributed by atoms with Crippen LogP contribution in [0.4, 0.5) is 0 Å². The van der Waals surface area contributed by atoms with Gasteiger partial charge in [0.05, 0.1) is 6.26 Å². The molecule has 10 heavy (non-hydrogen) atoms. The summed E-state index contributed by atoms with van der Waals surface area (Å²) in [5.74, 6) is 0. The largest absolute Gasteiger partial charge is 0.498 e. The van der Waals surface area contributed by atoms with Crippen LogP contribution in [0.5, 0.6) is 0 Å². The molecule has 2 nitrogen and oxygen atoms in total. The quantitative estimate of drug-likeness (QED) is 0.435. The van der Waals surface area contributed by atoms with Gasteiger partial charge in [-0.1, -0.05) is 6.58 Å². The van der Waals surface area contributed by atoms with E-state index in [1.165, 1.54) is 0 Å². The Balaban J connectivity index is 2.26. The van der Waals surface area contributed by atoms with Crippen molar-refractivity contribution in [1.29, 1.82) is 0 Å². The average Bonchev–Trinajstić information content (AvgIpc) is 2.40. The molecule has 0 spiro atoms. The van der Waals surface area contributed by atoms with Crippen molar-refractivity contribution in [2.24, 2.45) is 0 Å². The van der Waals surface area contributed by atoms with Crippen molar-refractivity contribution in [1.82, 2.24) is 0 Å². The summed E-state index contributed by atoms with van der Waals surface area (Å²) in [5, 5.41) is 0. The van der Waals surface area contributed by atoms with Gasteiger partial charge in [-0.2, -0.15) is 0 Å². The van der Waals surface area contributed by atoms with Gasteiger partial charge in [0.25, 0.3) is 0 Å². The van der Waals surface area contributed by atoms with E-state index in [-0.39, 0.29) is 6.10 Å². The van der Waals surface area contributed by atoms with E-state index >= 15 is 0 Å². The molecule has 1 aliphatic rings. The fourth-order valence-corrected chi connectivity index (χ4v) is 0.902. The SMILES string of the molecule is C=C(C=O)CC1CC=CO1. The molecule has 1 unspecified atom stereocenters. The van der Waals surface area contributed by atoms with Gasteiger partial charge in [-0.15, -0.1) is 0 Å². The van der Waals surface area contributed by atoms with Crippen LogP contribution in [-0.2, 0) is 9.53 Å². The van der Waals surface area contributed by atoms with Crippen LogP contribution in [0.25, 0.3) is 0 Å². The lowest BCUT2D eigenvalue weighted by Gasteiger charge is -2.07. The van der Waals surface area contributed by atoms with Gasteiger partial charge in [-0.3, -0.25) is 4.79 Å². The number of aldehydes is 1. The van der Waals surface area contributed by atoms with Gasteiger partial charge < -0.3 is 4.74 Å². The van der Waals surface area contributed by atoms with Crippen molar-refractivity contribution in [2.75, 3.05) is 0 Å². The summed E-state index contributed by atoms with van der Waals surface area (Å²) in [5.41, 5.74) is 0.605. The molecule has 0 aromatic rings. The molecule has 2 heteroatoms. The summed E-state index contributed by atoms with van der Waals surface area (Å²) in [6, 6.07) is 0. The third kappa shape index (κ3) is 1.72. The zero-order chi connectivity index (χ0) is 7.40. The molecule has 0 aromatic heterocycles. The van der Waals surface area contributed by atoms with E-state index in [1.807, 2.05) is 6.08 Å². The Morgan fingerprint density at radius 1 is 1.90 bits per heavy atom. The number of hydrogen-bond donors (Lipinski definition) is 0. The third-order valence-corrected chi connectivity index (χ3v) is 1.42. The molecule has 54 valence electrons. The lowest BCUT2D eigenvalue weighted by molar-refractivity contribution is -0.105. The Bertz CT molecular complexity index is 162. The van der Waals surface area contributed by atoms with Crippen molar-refractivity contribution in [3.8, 4) is 0 Å². The summed E-state index contributed by atoms with van der Waals surface area (Å²) in [6.07, 6.45) is 6.09. The normalized spacial score (nSPS) is 22.2. The number of carbonyl (C=O) groups excluding carboxylic acids is 1. The van der Waals surface area contributed by atoms with Gasteiger partial charge in [0.15, 0.2) is 0 Å². The number of rotatable bonds is 3. The zero-order valence-corrected chi connectivity index (χ0v) is 5.75. The first-order valence-electron chi connectivity index (χ1n) is 3.26. The van der Waals surface area contributed by atoms with E-state index in [4.69, 9.17) is 4.74 Å². The van der Waals surface area contributed by atoms with Gasteiger partial charge in [0.2, 0.25) is 0 Å². The predicted molar refractivity (Wildman–Crippen MR) is 38.5 cm³/mol. The molecule has 0 saturated carbocycles. The molecule has 1 aliphatic heterocycles. The van der Waals surface area contributed by atoms with Gasteiger partial charge in [-0.25, -0.2) is 0 Å². The summed E-state index contributed by atoms with van der Waals surface area (Å²) < 4.78 is 5.13. The maximum Gasteiger partial charge on any atom is 0.145 e. The van der Waals surface area contributed by atoms with Crippen LogP contribution in [0.3, 0.4) is 0 Å². The fourth-order valence-electron chi connectivity index (χ4n) is 0.902. The van der Waals surface area contributed by atoms with Gasteiger partial charge >= 0.3 is 0 Å². The lowest BCUT2D eigenvalue weighted by Crippen LogP contribution is -2.05. The van der Waals surface area contributed by atoms with E-state index in [1.54, 1.807) is 6.26 Å². The lowest BCUT2D eigenvalue weighted by atomic mass is 10.1. The van der Waals surface area contributed by atoms with E-state index in [2.05, 4.69) is 6.58 Å². The van der Waals surface area contributed by atoms with Crippen molar-refractivity contribution >= 4 is 6.29 Å². The highest BCUT2D eigenvalue weighted by atomic mass is 16.5. The first-order valence-corrected chi connectivity index (χ1v) is 3.26. The Hall–Kier alpha value is -1.05. The van der Waals surface area contributed by atoms with Crippen LogP contribution in [0, 0.1) is 0 Å². The minimum absolute atomic E-state index is 0.151. The first kappa shape index (κ1) is 7.06. The Morgan fingerprint density at radius 2 is 2.70 bits per heavy atom. The highest BCUT2D eigenvalue weighted by Crippen LogP contribution is 2.15. The molecule has 0 aliphatic carbocycles. The molecule has 0 fully saturated rings. The minimum atomic E-state index is 0.151. The zero-order valence-electron chi connectivity index (χ0n) is 5.75. The molecule has 0 bridgehead atoms. The Labute approximate surface area is 60.2 Å². The molecule has 0 amide bonds. The summed E-state index contributed by atoms with van der Waals surface area (Å²) >= 11 is 0. The summed E-state index contributed by atoms with van der Waals surface area (Å²) in [6.45, 7) is 3.56. The number of carbonyl (C=O) groups is 1. The molecule has 1 atom stereocenters. The highest BCUT2D eigenvalue weighted by molar-refractivity contribution is 5.72. The predicted octanol–water partition coefficient (Wildman–Crippen LogP) is 1.43. The summed E-state index contributed by atoms with van der Waals surface area (Å²) in [4.78, 5) is 10.1. The topological polar surface area (TPSA) is 26.3 Å². The van der Waals surface area contributed by atoms with Gasteiger partial charge in [-0.05, 0) is 11.6 Å². The third-order valence-electron chi connectivity index (χ3n) is 1.42. The second kappa shape index (κ2) is 3.20. The molecule has 1 heterocycles. The molecule has 0 aromatic carbocycles. The second-order valence-electron chi connectivity index (χ2n) is 2.35. The fraction of sp³-hybridized carbons (Fsp3) is 0.375. The average molecular weight is 138 g/mol. The number of hydrogen-bond acceptors (Lipinski definition) is 2. The van der Waals surface area contributed by atoms with E-state index in [0.29, 0.717) is 12.0 Å². The molecular formula is C8H10O2. The minimum Gasteiger partial charge on any atom is -0.498 e. The summed E-state index contributed by atoms with van der Waals surface area (Å²) in [7, 11) is 0. The van der Waals surface area contributed by atoms with Crippen molar-refractivity contribution in [2.45, 2.75) is 18.9 Å². The van der Waals surface area contributed by atoms with E-state index in [0.717, 1.165) is 12.7 Å². The van der Waals surface area contributed by atoms with Crippen LogP contribution < -0.4 is 0 Å². The van der Waals surface area contributed by atoms with E-state index in [9.17, 15) is 4.79 Å². The van der Waals surface area contributed by atoms with Crippen LogP contribution in [0.2, 0.25) is 0 Å². The molecule has 0 radical (unpaired) electrons. The van der Waals surface area contributed by atoms with Gasteiger partial charge in [0, 0.05) is 12.8 Å². The maximum absolute atomic E-state index is 10.1. The molecular weight excluding hydrogens is 128 g/mol. The van der Waals surface area contributed by atoms with Crippen molar-refractivity contribution < 1.29 is 9.53 Å². The Morgan fingerprint density at radius 3 is 3.20 bits per heavy atom. The smallest absolute Gasteiger partial charge is 0.145 e. The molecule has 1 rings (SSSR count). The highest BCUT2D eigenvalue weighted by Gasteiger charge is 2.11. The maximum atomic E-state index is 10.1. The van der Waals surface area contributed by atoms with Crippen molar-refractivity contribution in [3.63, 3.8) is 0 Å². The Kier molecular flexibility index (Phi) is 2.26. The second-order valence-corrected chi connectivity index (χ2v) is 2.35. The van der Waals surface area contributed by atoms with Crippen LogP contribution in [0.1, 0.15) is 12.8 Å². The molecule has 0 saturated heterocycles. The van der Waals surface area contributed by atoms with Crippen LogP contribution in [-0.4, -0.2) is 12.4 Å². The number of ether oxygens (including phenoxy) is 1.